The predicted molar refractivity (Wildman–Crippen MR) is 103 cm³/mol. The molecule has 1 amide bonds. The van der Waals surface area contributed by atoms with E-state index >= 15 is 0 Å². The molecule has 2 aromatic carbocycles. The van der Waals surface area contributed by atoms with Crippen LogP contribution in [-0.2, 0) is 4.79 Å². The predicted octanol–water partition coefficient (Wildman–Crippen LogP) is 5.09. The minimum atomic E-state index is 0.0438. The number of aryl methyl sites for hydroxylation is 1. The highest BCUT2D eigenvalue weighted by atomic mass is 16.4. The molecular weight excluding hydrogens is 326 g/mol. The van der Waals surface area contributed by atoms with Crippen LogP contribution in [0.5, 0.6) is 0 Å². The molecule has 0 saturated heterocycles. The van der Waals surface area contributed by atoms with Gasteiger partial charge in [0.15, 0.2) is 0 Å². The molecule has 3 rings (SSSR count). The molecule has 0 bridgehead atoms. The fourth-order valence-electron chi connectivity index (χ4n) is 2.86. The zero-order valence-corrected chi connectivity index (χ0v) is 15.3. The summed E-state index contributed by atoms with van der Waals surface area (Å²) in [4.78, 5) is 12.2. The van der Waals surface area contributed by atoms with Gasteiger partial charge >= 0.3 is 0 Å². The number of nitrogens with zero attached hydrogens (tertiary/aromatic N) is 2. The summed E-state index contributed by atoms with van der Waals surface area (Å²) in [5, 5.41) is 11.3. The topological polar surface area (TPSA) is 68.0 Å². The number of nitrogens with one attached hydrogen (secondary N) is 1. The first-order valence-electron chi connectivity index (χ1n) is 8.93. The van der Waals surface area contributed by atoms with Gasteiger partial charge in [-0.05, 0) is 55.7 Å². The summed E-state index contributed by atoms with van der Waals surface area (Å²) >= 11 is 0. The van der Waals surface area contributed by atoms with Crippen molar-refractivity contribution < 1.29 is 9.21 Å². The largest absolute Gasteiger partial charge is 0.416 e. The third-order valence-electron chi connectivity index (χ3n) is 4.56. The van der Waals surface area contributed by atoms with Crippen molar-refractivity contribution in [3.8, 4) is 22.9 Å². The lowest BCUT2D eigenvalue weighted by Gasteiger charge is -2.12. The van der Waals surface area contributed by atoms with E-state index in [2.05, 4.69) is 15.5 Å². The van der Waals surface area contributed by atoms with Gasteiger partial charge in [0.05, 0.1) is 0 Å². The Morgan fingerprint density at radius 3 is 2.31 bits per heavy atom. The van der Waals surface area contributed by atoms with Crippen LogP contribution in [0.1, 0.15) is 32.3 Å². The average molecular weight is 349 g/mol. The van der Waals surface area contributed by atoms with Crippen molar-refractivity contribution in [2.75, 3.05) is 5.32 Å². The number of carbonyl (C=O) groups excluding carboxylic acids is 1. The van der Waals surface area contributed by atoms with Gasteiger partial charge in [-0.2, -0.15) is 0 Å². The van der Waals surface area contributed by atoms with Gasteiger partial charge in [-0.3, -0.25) is 4.79 Å². The summed E-state index contributed by atoms with van der Waals surface area (Å²) in [6.07, 6.45) is 1.67. The summed E-state index contributed by atoms with van der Waals surface area (Å²) in [6.45, 7) is 6.06. The second-order valence-corrected chi connectivity index (χ2v) is 6.31. The van der Waals surface area contributed by atoms with Gasteiger partial charge in [0.2, 0.25) is 17.7 Å². The minimum absolute atomic E-state index is 0.0438. The molecule has 0 aliphatic carbocycles. The highest BCUT2D eigenvalue weighted by molar-refractivity contribution is 5.92. The van der Waals surface area contributed by atoms with Crippen molar-refractivity contribution in [2.24, 2.45) is 5.92 Å². The first kappa shape index (κ1) is 17.9. The molecule has 3 aromatic rings. The Morgan fingerprint density at radius 2 is 1.65 bits per heavy atom. The Labute approximate surface area is 153 Å². The lowest BCUT2D eigenvalue weighted by atomic mass is 10.0. The number of benzene rings is 2. The number of hydrogen-bond acceptors (Lipinski definition) is 4. The van der Waals surface area contributed by atoms with Gasteiger partial charge in [0.25, 0.3) is 0 Å². The molecule has 1 heterocycles. The van der Waals surface area contributed by atoms with Crippen molar-refractivity contribution in [3.05, 3.63) is 54.1 Å². The first-order valence-corrected chi connectivity index (χ1v) is 8.93. The molecule has 0 atom stereocenters. The van der Waals surface area contributed by atoms with Crippen LogP contribution in [0.15, 0.2) is 52.9 Å². The lowest BCUT2D eigenvalue weighted by Crippen LogP contribution is -2.21. The van der Waals surface area contributed by atoms with E-state index in [-0.39, 0.29) is 11.8 Å². The van der Waals surface area contributed by atoms with Crippen LogP contribution < -0.4 is 5.32 Å². The van der Waals surface area contributed by atoms with Crippen LogP contribution >= 0.6 is 0 Å². The number of aromatic nitrogens is 2. The molecular formula is C21H23N3O2. The second-order valence-electron chi connectivity index (χ2n) is 6.31. The monoisotopic (exact) mass is 349 g/mol. The van der Waals surface area contributed by atoms with E-state index < -0.39 is 0 Å². The van der Waals surface area contributed by atoms with E-state index in [1.54, 1.807) is 0 Å². The number of carbonyl (C=O) groups is 1. The molecule has 0 radical (unpaired) electrons. The maximum absolute atomic E-state index is 12.2. The fraction of sp³-hybridized carbons (Fsp3) is 0.286. The molecule has 0 fully saturated rings. The standard InChI is InChI=1S/C21H23N3O2/c1-4-15(5-2)19(25)22-17-12-10-16(11-13-17)20-23-24-21(26-20)18-9-7-6-8-14(18)3/h6-13,15H,4-5H2,1-3H3,(H,22,25). The van der Waals surface area contributed by atoms with Crippen LogP contribution in [-0.4, -0.2) is 16.1 Å². The first-order chi connectivity index (χ1) is 12.6. The molecule has 0 spiro atoms. The van der Waals surface area contributed by atoms with Crippen LogP contribution in [0.2, 0.25) is 0 Å². The van der Waals surface area contributed by atoms with Crippen LogP contribution in [0, 0.1) is 12.8 Å². The Kier molecular flexibility index (Phi) is 5.46. The van der Waals surface area contributed by atoms with E-state index in [1.807, 2.05) is 69.3 Å². The maximum atomic E-state index is 12.2. The highest BCUT2D eigenvalue weighted by Crippen LogP contribution is 2.26. The Balaban J connectivity index is 1.75. The third kappa shape index (κ3) is 3.82. The van der Waals surface area contributed by atoms with E-state index in [9.17, 15) is 4.79 Å². The van der Waals surface area contributed by atoms with Crippen LogP contribution in [0.4, 0.5) is 5.69 Å². The molecule has 0 saturated carbocycles. The van der Waals surface area contributed by atoms with Crippen molar-refractivity contribution in [1.82, 2.24) is 10.2 Å². The second kappa shape index (κ2) is 7.95. The number of hydrogen-bond donors (Lipinski definition) is 1. The van der Waals surface area contributed by atoms with Crippen molar-refractivity contribution in [3.63, 3.8) is 0 Å². The summed E-state index contributed by atoms with van der Waals surface area (Å²) < 4.78 is 5.82. The molecule has 0 unspecified atom stereocenters. The molecule has 1 aromatic heterocycles. The average Bonchev–Trinajstić information content (AvgIpc) is 3.13. The van der Waals surface area contributed by atoms with Crippen molar-refractivity contribution in [1.29, 1.82) is 0 Å². The molecule has 5 nitrogen and oxygen atoms in total. The Hall–Kier alpha value is -2.95. The van der Waals surface area contributed by atoms with Gasteiger partial charge in [-0.15, -0.1) is 10.2 Å². The summed E-state index contributed by atoms with van der Waals surface area (Å²) in [7, 11) is 0. The number of amides is 1. The SMILES string of the molecule is CCC(CC)C(=O)Nc1ccc(-c2nnc(-c3ccccc3C)o2)cc1. The third-order valence-corrected chi connectivity index (χ3v) is 4.56. The lowest BCUT2D eigenvalue weighted by molar-refractivity contribution is -0.120. The van der Waals surface area contributed by atoms with E-state index in [1.165, 1.54) is 0 Å². The van der Waals surface area contributed by atoms with Crippen molar-refractivity contribution in [2.45, 2.75) is 33.6 Å². The molecule has 0 aliphatic heterocycles. The molecule has 1 N–H and O–H groups in total. The van der Waals surface area contributed by atoms with E-state index in [0.717, 1.165) is 35.2 Å². The number of rotatable bonds is 6. The minimum Gasteiger partial charge on any atom is -0.416 e. The van der Waals surface area contributed by atoms with Crippen LogP contribution in [0.25, 0.3) is 22.9 Å². The molecule has 0 aliphatic rings. The zero-order chi connectivity index (χ0) is 18.5. The number of anilines is 1. The highest BCUT2D eigenvalue weighted by Gasteiger charge is 2.15. The summed E-state index contributed by atoms with van der Waals surface area (Å²) in [5.74, 6) is 1.06. The summed E-state index contributed by atoms with van der Waals surface area (Å²) in [5.41, 5.74) is 3.60. The Bertz CT molecular complexity index is 880. The van der Waals surface area contributed by atoms with Gasteiger partial charge in [0, 0.05) is 22.7 Å². The maximum Gasteiger partial charge on any atom is 0.248 e. The quantitative estimate of drug-likeness (QED) is 0.673. The van der Waals surface area contributed by atoms with Gasteiger partial charge < -0.3 is 9.73 Å². The normalized spacial score (nSPS) is 10.9. The molecule has 134 valence electrons. The van der Waals surface area contributed by atoms with Gasteiger partial charge in [-0.1, -0.05) is 32.0 Å². The zero-order valence-electron chi connectivity index (χ0n) is 15.3. The molecule has 5 heteroatoms. The van der Waals surface area contributed by atoms with Crippen LogP contribution in [0.3, 0.4) is 0 Å². The van der Waals surface area contributed by atoms with E-state index in [0.29, 0.717) is 11.8 Å². The van der Waals surface area contributed by atoms with Gasteiger partial charge in [0.1, 0.15) is 0 Å². The van der Waals surface area contributed by atoms with Crippen molar-refractivity contribution >= 4 is 11.6 Å². The van der Waals surface area contributed by atoms with E-state index in [4.69, 9.17) is 4.42 Å². The smallest absolute Gasteiger partial charge is 0.248 e. The summed E-state index contributed by atoms with van der Waals surface area (Å²) in [6, 6.07) is 15.4. The fourth-order valence-corrected chi connectivity index (χ4v) is 2.86. The van der Waals surface area contributed by atoms with Gasteiger partial charge in [-0.25, -0.2) is 0 Å². The molecule has 26 heavy (non-hydrogen) atoms. The Morgan fingerprint density at radius 1 is 1.00 bits per heavy atom.